The van der Waals surface area contributed by atoms with Crippen LogP contribution in [0.5, 0.6) is 0 Å². The molecule has 1 fully saturated rings. The van der Waals surface area contributed by atoms with Gasteiger partial charge in [-0.15, -0.1) is 0 Å². The van der Waals surface area contributed by atoms with Crippen molar-refractivity contribution in [3.8, 4) is 0 Å². The minimum Gasteiger partial charge on any atom is -0.460 e. The number of hydrogen-bond acceptors (Lipinski definition) is 4. The Labute approximate surface area is 119 Å². The van der Waals surface area contributed by atoms with Crippen LogP contribution >= 0.6 is 0 Å². The largest absolute Gasteiger partial charge is 0.460 e. The van der Waals surface area contributed by atoms with E-state index in [4.69, 9.17) is 9.15 Å². The van der Waals surface area contributed by atoms with Gasteiger partial charge in [-0.05, 0) is 18.7 Å². The molecular weight excluding hydrogens is 252 g/mol. The summed E-state index contributed by atoms with van der Waals surface area (Å²) in [6.07, 6.45) is 0.285. The molecule has 0 aliphatic carbocycles. The van der Waals surface area contributed by atoms with Crippen molar-refractivity contribution >= 4 is 11.0 Å². The molecule has 4 heteroatoms. The monoisotopic (exact) mass is 274 g/mol. The van der Waals surface area contributed by atoms with Crippen LogP contribution < -0.4 is 5.32 Å². The first kappa shape index (κ1) is 13.6. The summed E-state index contributed by atoms with van der Waals surface area (Å²) in [5.74, 6) is 0.981. The van der Waals surface area contributed by atoms with Gasteiger partial charge in [-0.25, -0.2) is 0 Å². The fraction of sp³-hybridized carbons (Fsp3) is 0.500. The van der Waals surface area contributed by atoms with Crippen LogP contribution in [-0.2, 0) is 11.3 Å². The van der Waals surface area contributed by atoms with Crippen molar-refractivity contribution in [3.05, 3.63) is 36.1 Å². The highest BCUT2D eigenvalue weighted by Gasteiger charge is 2.18. The fourth-order valence-corrected chi connectivity index (χ4v) is 2.67. The minimum atomic E-state index is 0.285. The molecule has 1 N–H and O–H groups in total. The first-order valence-corrected chi connectivity index (χ1v) is 7.37. The highest BCUT2D eigenvalue weighted by Crippen LogP contribution is 2.18. The van der Waals surface area contributed by atoms with Crippen LogP contribution in [0.15, 0.2) is 34.7 Å². The fourth-order valence-electron chi connectivity index (χ4n) is 2.67. The molecule has 1 aliphatic heterocycles. The van der Waals surface area contributed by atoms with E-state index in [0.717, 1.165) is 56.1 Å². The molecule has 108 valence electrons. The second kappa shape index (κ2) is 6.39. The number of nitrogens with zero attached hydrogens (tertiary/aromatic N) is 1. The number of morpholine rings is 1. The Bertz CT molecular complexity index is 519. The molecule has 1 atom stereocenters. The lowest BCUT2D eigenvalue weighted by atomic mass is 10.2. The van der Waals surface area contributed by atoms with Crippen LogP contribution in [0, 0.1) is 0 Å². The van der Waals surface area contributed by atoms with Gasteiger partial charge < -0.3 is 14.5 Å². The molecule has 0 bridgehead atoms. The van der Waals surface area contributed by atoms with Gasteiger partial charge in [-0.2, -0.15) is 0 Å². The first-order chi connectivity index (χ1) is 9.85. The number of furan rings is 1. The number of fused-ring (bicyclic) bond motifs is 1. The van der Waals surface area contributed by atoms with E-state index in [9.17, 15) is 0 Å². The van der Waals surface area contributed by atoms with Crippen molar-refractivity contribution in [1.29, 1.82) is 0 Å². The van der Waals surface area contributed by atoms with E-state index in [-0.39, 0.29) is 6.10 Å². The van der Waals surface area contributed by atoms with Gasteiger partial charge in [-0.1, -0.05) is 25.1 Å². The average molecular weight is 274 g/mol. The Morgan fingerprint density at radius 1 is 1.35 bits per heavy atom. The minimum absolute atomic E-state index is 0.285. The Morgan fingerprint density at radius 2 is 2.25 bits per heavy atom. The number of benzene rings is 1. The number of nitrogens with one attached hydrogen (secondary N) is 1. The normalized spacial score (nSPS) is 20.6. The molecule has 4 nitrogen and oxygen atoms in total. The highest BCUT2D eigenvalue weighted by molar-refractivity contribution is 5.77. The smallest absolute Gasteiger partial charge is 0.134 e. The lowest BCUT2D eigenvalue weighted by Crippen LogP contribution is -2.46. The summed E-state index contributed by atoms with van der Waals surface area (Å²) in [4.78, 5) is 2.43. The molecule has 0 amide bonds. The average Bonchev–Trinajstić information content (AvgIpc) is 2.90. The molecule has 3 rings (SSSR count). The van der Waals surface area contributed by atoms with Gasteiger partial charge in [0.1, 0.15) is 11.3 Å². The lowest BCUT2D eigenvalue weighted by Gasteiger charge is -2.32. The third kappa shape index (κ3) is 3.20. The molecule has 0 radical (unpaired) electrons. The number of ether oxygens (including phenoxy) is 1. The number of hydrogen-bond donors (Lipinski definition) is 1. The third-order valence-electron chi connectivity index (χ3n) is 3.82. The van der Waals surface area contributed by atoms with Crippen LogP contribution in [0.3, 0.4) is 0 Å². The SMILES string of the molecule is CCN1CCO[C@@H](CNCc2cc3ccccc3o2)C1. The Kier molecular flexibility index (Phi) is 4.35. The van der Waals surface area contributed by atoms with E-state index in [1.165, 1.54) is 0 Å². The Hall–Kier alpha value is -1.36. The van der Waals surface area contributed by atoms with Crippen LogP contribution in [0.1, 0.15) is 12.7 Å². The topological polar surface area (TPSA) is 37.6 Å². The Morgan fingerprint density at radius 3 is 3.10 bits per heavy atom. The van der Waals surface area contributed by atoms with Crippen molar-refractivity contribution in [2.75, 3.05) is 32.8 Å². The highest BCUT2D eigenvalue weighted by atomic mass is 16.5. The van der Waals surface area contributed by atoms with Gasteiger partial charge in [-0.3, -0.25) is 4.90 Å². The van der Waals surface area contributed by atoms with E-state index in [2.05, 4.69) is 29.3 Å². The predicted octanol–water partition coefficient (Wildman–Crippen LogP) is 2.24. The predicted molar refractivity (Wildman–Crippen MR) is 79.8 cm³/mol. The lowest BCUT2D eigenvalue weighted by molar-refractivity contribution is -0.0255. The summed E-state index contributed by atoms with van der Waals surface area (Å²) in [5, 5.41) is 4.59. The summed E-state index contributed by atoms with van der Waals surface area (Å²) in [5.41, 5.74) is 0.954. The van der Waals surface area contributed by atoms with Gasteiger partial charge in [0.2, 0.25) is 0 Å². The zero-order chi connectivity index (χ0) is 13.8. The standard InChI is InChI=1S/C16H22N2O2/c1-2-18-7-8-19-15(12-18)11-17-10-14-9-13-5-3-4-6-16(13)20-14/h3-6,9,15,17H,2,7-8,10-12H2,1H3/t15-/m0/s1. The second-order valence-corrected chi connectivity index (χ2v) is 5.27. The molecule has 20 heavy (non-hydrogen) atoms. The van der Waals surface area contributed by atoms with Gasteiger partial charge in [0.25, 0.3) is 0 Å². The van der Waals surface area contributed by atoms with E-state index in [1.807, 2.05) is 18.2 Å². The molecule has 0 saturated carbocycles. The van der Waals surface area contributed by atoms with E-state index in [0.29, 0.717) is 0 Å². The molecule has 0 spiro atoms. The molecule has 1 saturated heterocycles. The van der Waals surface area contributed by atoms with E-state index < -0.39 is 0 Å². The molecule has 2 aromatic rings. The summed E-state index contributed by atoms with van der Waals surface area (Å²) in [6, 6.07) is 10.2. The summed E-state index contributed by atoms with van der Waals surface area (Å²) < 4.78 is 11.6. The first-order valence-electron chi connectivity index (χ1n) is 7.37. The quantitative estimate of drug-likeness (QED) is 0.907. The molecule has 1 aromatic heterocycles. The maximum absolute atomic E-state index is 5.79. The number of rotatable bonds is 5. The van der Waals surface area contributed by atoms with Gasteiger partial charge >= 0.3 is 0 Å². The van der Waals surface area contributed by atoms with Crippen LogP contribution in [0.2, 0.25) is 0 Å². The maximum atomic E-state index is 5.79. The van der Waals surface area contributed by atoms with E-state index in [1.54, 1.807) is 0 Å². The van der Waals surface area contributed by atoms with Crippen LogP contribution in [-0.4, -0.2) is 43.8 Å². The van der Waals surface area contributed by atoms with Gasteiger partial charge in [0, 0.05) is 25.0 Å². The van der Waals surface area contributed by atoms with Crippen molar-refractivity contribution < 1.29 is 9.15 Å². The summed E-state index contributed by atoms with van der Waals surface area (Å²) in [6.45, 7) is 7.83. The molecule has 1 aliphatic rings. The Balaban J connectivity index is 1.49. The molecule has 2 heterocycles. The van der Waals surface area contributed by atoms with Crippen molar-refractivity contribution in [3.63, 3.8) is 0 Å². The molecular formula is C16H22N2O2. The third-order valence-corrected chi connectivity index (χ3v) is 3.82. The zero-order valence-corrected chi connectivity index (χ0v) is 12.0. The zero-order valence-electron chi connectivity index (χ0n) is 12.0. The maximum Gasteiger partial charge on any atom is 0.134 e. The van der Waals surface area contributed by atoms with Gasteiger partial charge in [0.15, 0.2) is 0 Å². The number of likely N-dealkylation sites (N-methyl/N-ethyl adjacent to an activating group) is 1. The van der Waals surface area contributed by atoms with Gasteiger partial charge in [0.05, 0.1) is 19.3 Å². The summed E-state index contributed by atoms with van der Waals surface area (Å²) >= 11 is 0. The van der Waals surface area contributed by atoms with Crippen molar-refractivity contribution in [2.24, 2.45) is 0 Å². The molecule has 0 unspecified atom stereocenters. The number of para-hydroxylation sites is 1. The van der Waals surface area contributed by atoms with Crippen molar-refractivity contribution in [1.82, 2.24) is 10.2 Å². The van der Waals surface area contributed by atoms with Crippen LogP contribution in [0.4, 0.5) is 0 Å². The summed E-state index contributed by atoms with van der Waals surface area (Å²) in [7, 11) is 0. The molecule has 1 aromatic carbocycles. The van der Waals surface area contributed by atoms with Crippen molar-refractivity contribution in [2.45, 2.75) is 19.6 Å². The van der Waals surface area contributed by atoms with Crippen LogP contribution in [0.25, 0.3) is 11.0 Å². The van der Waals surface area contributed by atoms with E-state index >= 15 is 0 Å². The second-order valence-electron chi connectivity index (χ2n) is 5.27.